The number of anilines is 1. The van der Waals surface area contributed by atoms with Gasteiger partial charge in [-0.15, -0.1) is 0 Å². The molecule has 20 heavy (non-hydrogen) atoms. The van der Waals surface area contributed by atoms with E-state index in [1.54, 1.807) is 13.0 Å². The molecule has 0 amide bonds. The number of halogens is 3. The zero-order chi connectivity index (χ0) is 14.5. The first-order valence-corrected chi connectivity index (χ1v) is 6.20. The highest BCUT2D eigenvalue weighted by molar-refractivity contribution is 5.56. The molecule has 5 heteroatoms. The largest absolute Gasteiger partial charge is 0.492 e. The average molecular weight is 281 g/mol. The number of ether oxygens (including phenoxy) is 1. The van der Waals surface area contributed by atoms with E-state index in [-0.39, 0.29) is 6.54 Å². The van der Waals surface area contributed by atoms with E-state index >= 15 is 0 Å². The van der Waals surface area contributed by atoms with Gasteiger partial charge in [-0.1, -0.05) is 6.07 Å². The number of benzene rings is 2. The molecule has 0 heterocycles. The summed E-state index contributed by atoms with van der Waals surface area (Å²) in [5.74, 6) is -1.79. The summed E-state index contributed by atoms with van der Waals surface area (Å²) in [6.45, 7) is 2.48. The fraction of sp³-hybridized carbons (Fsp3) is 0.200. The van der Waals surface area contributed by atoms with E-state index in [9.17, 15) is 13.2 Å². The molecule has 0 aromatic heterocycles. The Morgan fingerprint density at radius 1 is 1.00 bits per heavy atom. The molecule has 2 rings (SSSR count). The molecule has 2 aromatic rings. The van der Waals surface area contributed by atoms with E-state index in [0.717, 1.165) is 12.1 Å². The highest BCUT2D eigenvalue weighted by atomic mass is 19.2. The number of rotatable bonds is 5. The first-order chi connectivity index (χ1) is 9.60. The molecule has 0 aliphatic heterocycles. The van der Waals surface area contributed by atoms with Gasteiger partial charge in [0, 0.05) is 12.6 Å². The maximum atomic E-state index is 13.1. The van der Waals surface area contributed by atoms with Crippen LogP contribution in [0.4, 0.5) is 18.9 Å². The molecule has 2 aromatic carbocycles. The summed E-state index contributed by atoms with van der Waals surface area (Å²) in [6, 6.07) is 7.79. The molecule has 2 nitrogen and oxygen atoms in total. The highest BCUT2D eigenvalue weighted by Crippen LogP contribution is 2.26. The van der Waals surface area contributed by atoms with Crippen molar-refractivity contribution in [2.45, 2.75) is 13.5 Å². The Kier molecular flexibility index (Phi) is 4.50. The van der Waals surface area contributed by atoms with E-state index < -0.39 is 17.5 Å². The Labute approximate surface area is 115 Å². The Morgan fingerprint density at radius 3 is 2.50 bits per heavy atom. The lowest BCUT2D eigenvalue weighted by Crippen LogP contribution is -2.03. The summed E-state index contributed by atoms with van der Waals surface area (Å²) in [5, 5.41) is 3.01. The Balaban J connectivity index is 2.11. The zero-order valence-corrected chi connectivity index (χ0v) is 10.9. The van der Waals surface area contributed by atoms with Crippen LogP contribution in [0.25, 0.3) is 0 Å². The summed E-state index contributed by atoms with van der Waals surface area (Å²) in [6.07, 6.45) is 0. The summed E-state index contributed by atoms with van der Waals surface area (Å²) in [5.41, 5.74) is 1.17. The van der Waals surface area contributed by atoms with Crippen molar-refractivity contribution < 1.29 is 17.9 Å². The number of hydrogen-bond acceptors (Lipinski definition) is 2. The Morgan fingerprint density at radius 2 is 1.80 bits per heavy atom. The van der Waals surface area contributed by atoms with Gasteiger partial charge in [-0.25, -0.2) is 13.2 Å². The predicted octanol–water partition coefficient (Wildman–Crippen LogP) is 4.11. The topological polar surface area (TPSA) is 21.3 Å². The van der Waals surface area contributed by atoms with Crippen LogP contribution in [0.3, 0.4) is 0 Å². The minimum atomic E-state index is -0.895. The van der Waals surface area contributed by atoms with Crippen LogP contribution in [0.2, 0.25) is 0 Å². The Hall–Kier alpha value is -2.17. The summed E-state index contributed by atoms with van der Waals surface area (Å²) in [7, 11) is 0. The molecule has 0 saturated heterocycles. The standard InChI is InChI=1S/C15H14F3NO/c1-2-20-15-8-11(16)4-6-14(15)19-9-10-3-5-12(17)13(18)7-10/h3-8,19H,2,9H2,1H3. The van der Waals surface area contributed by atoms with Crippen LogP contribution in [0.1, 0.15) is 12.5 Å². The summed E-state index contributed by atoms with van der Waals surface area (Å²) < 4.78 is 44.3. The zero-order valence-electron chi connectivity index (χ0n) is 10.9. The van der Waals surface area contributed by atoms with Crippen molar-refractivity contribution in [3.63, 3.8) is 0 Å². The molecule has 0 unspecified atom stereocenters. The highest BCUT2D eigenvalue weighted by Gasteiger charge is 2.06. The second-order valence-corrected chi connectivity index (χ2v) is 4.18. The van der Waals surface area contributed by atoms with Crippen LogP contribution in [0.5, 0.6) is 5.75 Å². The SMILES string of the molecule is CCOc1cc(F)ccc1NCc1ccc(F)c(F)c1. The molecule has 0 fully saturated rings. The second-order valence-electron chi connectivity index (χ2n) is 4.18. The van der Waals surface area contributed by atoms with Crippen molar-refractivity contribution in [1.82, 2.24) is 0 Å². The van der Waals surface area contributed by atoms with Gasteiger partial charge in [0.1, 0.15) is 11.6 Å². The minimum absolute atomic E-state index is 0.281. The van der Waals surface area contributed by atoms with Gasteiger partial charge in [0.2, 0.25) is 0 Å². The van der Waals surface area contributed by atoms with Crippen molar-refractivity contribution in [2.24, 2.45) is 0 Å². The van der Waals surface area contributed by atoms with Crippen LogP contribution < -0.4 is 10.1 Å². The quantitative estimate of drug-likeness (QED) is 0.890. The first kappa shape index (κ1) is 14.2. The normalized spacial score (nSPS) is 10.4. The van der Waals surface area contributed by atoms with Crippen molar-refractivity contribution in [3.8, 4) is 5.75 Å². The third kappa shape index (κ3) is 3.44. The molecule has 106 valence electrons. The lowest BCUT2D eigenvalue weighted by Gasteiger charge is -2.12. The molecular weight excluding hydrogens is 267 g/mol. The number of hydrogen-bond donors (Lipinski definition) is 1. The minimum Gasteiger partial charge on any atom is -0.492 e. The average Bonchev–Trinajstić information content (AvgIpc) is 2.42. The van der Waals surface area contributed by atoms with Crippen molar-refractivity contribution in [3.05, 3.63) is 59.4 Å². The Bertz CT molecular complexity index is 602. The fourth-order valence-corrected chi connectivity index (χ4v) is 1.76. The smallest absolute Gasteiger partial charge is 0.159 e. The van der Waals surface area contributed by atoms with Gasteiger partial charge in [0.15, 0.2) is 11.6 Å². The van der Waals surface area contributed by atoms with Crippen LogP contribution >= 0.6 is 0 Å². The maximum Gasteiger partial charge on any atom is 0.159 e. The molecule has 0 saturated carbocycles. The second kappa shape index (κ2) is 6.32. The van der Waals surface area contributed by atoms with Gasteiger partial charge in [-0.3, -0.25) is 0 Å². The van der Waals surface area contributed by atoms with Crippen LogP contribution in [0.15, 0.2) is 36.4 Å². The van der Waals surface area contributed by atoms with E-state index in [1.165, 1.54) is 18.2 Å². The lowest BCUT2D eigenvalue weighted by atomic mass is 10.2. The van der Waals surface area contributed by atoms with Gasteiger partial charge in [0.25, 0.3) is 0 Å². The van der Waals surface area contributed by atoms with Crippen molar-refractivity contribution in [1.29, 1.82) is 0 Å². The van der Waals surface area contributed by atoms with E-state index in [4.69, 9.17) is 4.74 Å². The summed E-state index contributed by atoms with van der Waals surface area (Å²) in [4.78, 5) is 0. The lowest BCUT2D eigenvalue weighted by molar-refractivity contribution is 0.340. The van der Waals surface area contributed by atoms with Gasteiger partial charge in [0.05, 0.1) is 12.3 Å². The maximum absolute atomic E-state index is 13.1. The molecular formula is C15H14F3NO. The van der Waals surface area contributed by atoms with E-state index in [0.29, 0.717) is 23.6 Å². The first-order valence-electron chi connectivity index (χ1n) is 6.20. The third-order valence-electron chi connectivity index (χ3n) is 2.71. The van der Waals surface area contributed by atoms with E-state index in [2.05, 4.69) is 5.32 Å². The van der Waals surface area contributed by atoms with E-state index in [1.807, 2.05) is 0 Å². The molecule has 1 N–H and O–H groups in total. The molecule has 0 spiro atoms. The molecule has 0 radical (unpaired) electrons. The molecule has 0 aliphatic carbocycles. The van der Waals surface area contributed by atoms with Crippen molar-refractivity contribution in [2.75, 3.05) is 11.9 Å². The molecule has 0 aliphatic rings. The molecule has 0 atom stereocenters. The predicted molar refractivity (Wildman–Crippen MR) is 71.3 cm³/mol. The van der Waals surface area contributed by atoms with Crippen LogP contribution in [-0.4, -0.2) is 6.61 Å². The van der Waals surface area contributed by atoms with Gasteiger partial charge >= 0.3 is 0 Å². The van der Waals surface area contributed by atoms with Gasteiger partial charge in [-0.2, -0.15) is 0 Å². The van der Waals surface area contributed by atoms with Crippen LogP contribution in [0, 0.1) is 17.5 Å². The number of nitrogens with one attached hydrogen (secondary N) is 1. The van der Waals surface area contributed by atoms with Crippen molar-refractivity contribution >= 4 is 5.69 Å². The van der Waals surface area contributed by atoms with Gasteiger partial charge in [-0.05, 0) is 36.8 Å². The van der Waals surface area contributed by atoms with Crippen LogP contribution in [-0.2, 0) is 6.54 Å². The summed E-state index contributed by atoms with van der Waals surface area (Å²) >= 11 is 0. The monoisotopic (exact) mass is 281 g/mol. The molecule has 0 bridgehead atoms. The van der Waals surface area contributed by atoms with Gasteiger partial charge < -0.3 is 10.1 Å². The third-order valence-corrected chi connectivity index (χ3v) is 2.71. The fourth-order valence-electron chi connectivity index (χ4n) is 1.76.